The Labute approximate surface area is 101 Å². The lowest BCUT2D eigenvalue weighted by Gasteiger charge is -2.27. The van der Waals surface area contributed by atoms with Gasteiger partial charge in [-0.2, -0.15) is 0 Å². The quantitative estimate of drug-likeness (QED) is 0.665. The van der Waals surface area contributed by atoms with Crippen LogP contribution in [0, 0.1) is 0 Å². The van der Waals surface area contributed by atoms with E-state index in [1.165, 1.54) is 24.0 Å². The van der Waals surface area contributed by atoms with Crippen LogP contribution >= 0.6 is 0 Å². The molecule has 0 heterocycles. The summed E-state index contributed by atoms with van der Waals surface area (Å²) in [5, 5.41) is 0. The number of rotatable bonds is 3. The average molecular weight is 218 g/mol. The molecule has 16 heavy (non-hydrogen) atoms. The molecular weight excluding hydrogens is 192 g/mol. The first kappa shape index (κ1) is 13.3. The standard InChI is InChI=1S/C16H26/c1-7-11-16(5,6)14-10-8-9-13(12-14)15(2,3)4/h8-10,12H,7,11H2,1-6H3. The summed E-state index contributed by atoms with van der Waals surface area (Å²) in [6, 6.07) is 9.10. The summed E-state index contributed by atoms with van der Waals surface area (Å²) in [6.45, 7) is 13.8. The number of hydrogen-bond donors (Lipinski definition) is 0. The summed E-state index contributed by atoms with van der Waals surface area (Å²) in [7, 11) is 0. The van der Waals surface area contributed by atoms with Crippen molar-refractivity contribution in [3.63, 3.8) is 0 Å². The number of hydrogen-bond acceptors (Lipinski definition) is 0. The highest BCUT2D eigenvalue weighted by atomic mass is 14.3. The van der Waals surface area contributed by atoms with E-state index in [0.29, 0.717) is 5.41 Å². The predicted molar refractivity (Wildman–Crippen MR) is 73.1 cm³/mol. The van der Waals surface area contributed by atoms with Crippen LogP contribution in [-0.4, -0.2) is 0 Å². The molecule has 90 valence electrons. The lowest BCUT2D eigenvalue weighted by Crippen LogP contribution is -2.19. The van der Waals surface area contributed by atoms with Crippen molar-refractivity contribution in [3.8, 4) is 0 Å². The highest BCUT2D eigenvalue weighted by molar-refractivity contribution is 5.32. The zero-order chi connectivity index (χ0) is 12.4. The second-order valence-electron chi connectivity index (χ2n) is 6.46. The molecule has 1 aromatic carbocycles. The van der Waals surface area contributed by atoms with Crippen molar-refractivity contribution in [2.24, 2.45) is 0 Å². The van der Waals surface area contributed by atoms with Gasteiger partial charge in [-0.05, 0) is 28.4 Å². The Hall–Kier alpha value is -0.780. The molecule has 1 aromatic rings. The molecule has 0 atom stereocenters. The van der Waals surface area contributed by atoms with Crippen LogP contribution < -0.4 is 0 Å². The third kappa shape index (κ3) is 3.10. The van der Waals surface area contributed by atoms with E-state index in [2.05, 4.69) is 65.8 Å². The Bertz CT molecular complexity index is 339. The number of benzene rings is 1. The summed E-state index contributed by atoms with van der Waals surface area (Å²) in [6.07, 6.45) is 2.49. The lowest BCUT2D eigenvalue weighted by atomic mass is 9.77. The largest absolute Gasteiger partial charge is 0.0654 e. The average Bonchev–Trinajstić information content (AvgIpc) is 2.16. The predicted octanol–water partition coefficient (Wildman–Crippen LogP) is 5.06. The maximum Gasteiger partial charge on any atom is -0.0104 e. The second kappa shape index (κ2) is 4.61. The lowest BCUT2D eigenvalue weighted by molar-refractivity contribution is 0.471. The molecule has 0 radical (unpaired) electrons. The van der Waals surface area contributed by atoms with E-state index in [9.17, 15) is 0 Å². The molecule has 0 saturated carbocycles. The Morgan fingerprint density at radius 3 is 2.00 bits per heavy atom. The summed E-state index contributed by atoms with van der Waals surface area (Å²) >= 11 is 0. The zero-order valence-electron chi connectivity index (χ0n) is 11.7. The van der Waals surface area contributed by atoms with Gasteiger partial charge in [0.1, 0.15) is 0 Å². The molecule has 0 spiro atoms. The van der Waals surface area contributed by atoms with Gasteiger partial charge in [-0.15, -0.1) is 0 Å². The molecular formula is C16H26. The van der Waals surface area contributed by atoms with Crippen LogP contribution in [0.3, 0.4) is 0 Å². The van der Waals surface area contributed by atoms with Crippen molar-refractivity contribution in [2.75, 3.05) is 0 Å². The third-order valence-electron chi connectivity index (χ3n) is 3.39. The van der Waals surface area contributed by atoms with Gasteiger partial charge in [0.25, 0.3) is 0 Å². The third-order valence-corrected chi connectivity index (χ3v) is 3.39. The van der Waals surface area contributed by atoms with Gasteiger partial charge in [0, 0.05) is 0 Å². The van der Waals surface area contributed by atoms with Crippen LogP contribution in [-0.2, 0) is 10.8 Å². The van der Waals surface area contributed by atoms with Gasteiger partial charge < -0.3 is 0 Å². The molecule has 1 rings (SSSR count). The van der Waals surface area contributed by atoms with Crippen molar-refractivity contribution in [1.82, 2.24) is 0 Å². The summed E-state index contributed by atoms with van der Waals surface area (Å²) in [5.74, 6) is 0. The molecule has 0 amide bonds. The normalized spacial score (nSPS) is 12.9. The van der Waals surface area contributed by atoms with E-state index >= 15 is 0 Å². The molecule has 0 aliphatic rings. The van der Waals surface area contributed by atoms with Gasteiger partial charge >= 0.3 is 0 Å². The minimum absolute atomic E-state index is 0.248. The minimum atomic E-state index is 0.248. The van der Waals surface area contributed by atoms with Crippen LogP contribution in [0.5, 0.6) is 0 Å². The van der Waals surface area contributed by atoms with Crippen molar-refractivity contribution < 1.29 is 0 Å². The van der Waals surface area contributed by atoms with E-state index in [0.717, 1.165) is 0 Å². The van der Waals surface area contributed by atoms with Gasteiger partial charge in [0.05, 0.1) is 0 Å². The van der Waals surface area contributed by atoms with E-state index in [-0.39, 0.29) is 5.41 Å². The molecule has 0 nitrogen and oxygen atoms in total. The monoisotopic (exact) mass is 218 g/mol. The molecule has 0 aromatic heterocycles. The molecule has 0 saturated heterocycles. The van der Waals surface area contributed by atoms with Crippen molar-refractivity contribution in [1.29, 1.82) is 0 Å². The first-order valence-electron chi connectivity index (χ1n) is 6.38. The Morgan fingerprint density at radius 1 is 0.938 bits per heavy atom. The first-order valence-corrected chi connectivity index (χ1v) is 6.38. The van der Waals surface area contributed by atoms with Gasteiger partial charge in [0.15, 0.2) is 0 Å². The highest BCUT2D eigenvalue weighted by Gasteiger charge is 2.21. The smallest absolute Gasteiger partial charge is 0.0104 e. The second-order valence-corrected chi connectivity index (χ2v) is 6.46. The maximum atomic E-state index is 2.38. The summed E-state index contributed by atoms with van der Waals surface area (Å²) in [5.41, 5.74) is 3.46. The molecule has 0 fully saturated rings. The van der Waals surface area contributed by atoms with Crippen LogP contribution in [0.1, 0.15) is 65.5 Å². The molecule has 0 aliphatic carbocycles. The van der Waals surface area contributed by atoms with Crippen molar-refractivity contribution in [2.45, 2.75) is 65.2 Å². The van der Waals surface area contributed by atoms with Gasteiger partial charge in [-0.25, -0.2) is 0 Å². The van der Waals surface area contributed by atoms with E-state index < -0.39 is 0 Å². The van der Waals surface area contributed by atoms with Gasteiger partial charge in [-0.3, -0.25) is 0 Å². The molecule has 0 aliphatic heterocycles. The van der Waals surface area contributed by atoms with Crippen LogP contribution in [0.15, 0.2) is 24.3 Å². The van der Waals surface area contributed by atoms with Gasteiger partial charge in [-0.1, -0.05) is 72.2 Å². The van der Waals surface area contributed by atoms with E-state index in [1.54, 1.807) is 0 Å². The van der Waals surface area contributed by atoms with E-state index in [1.807, 2.05) is 0 Å². The Kier molecular flexibility index (Phi) is 3.83. The molecule has 0 unspecified atom stereocenters. The zero-order valence-corrected chi connectivity index (χ0v) is 11.7. The van der Waals surface area contributed by atoms with E-state index in [4.69, 9.17) is 0 Å². The molecule has 0 bridgehead atoms. The van der Waals surface area contributed by atoms with Gasteiger partial charge in [0.2, 0.25) is 0 Å². The maximum absolute atomic E-state index is 2.38. The summed E-state index contributed by atoms with van der Waals surface area (Å²) in [4.78, 5) is 0. The fourth-order valence-corrected chi connectivity index (χ4v) is 2.18. The Balaban J connectivity index is 3.08. The fourth-order valence-electron chi connectivity index (χ4n) is 2.18. The fraction of sp³-hybridized carbons (Fsp3) is 0.625. The first-order chi connectivity index (χ1) is 7.27. The van der Waals surface area contributed by atoms with Crippen LogP contribution in [0.2, 0.25) is 0 Å². The highest BCUT2D eigenvalue weighted by Crippen LogP contribution is 2.31. The summed E-state index contributed by atoms with van der Waals surface area (Å²) < 4.78 is 0. The topological polar surface area (TPSA) is 0 Å². The molecule has 0 N–H and O–H groups in total. The van der Waals surface area contributed by atoms with Crippen LogP contribution in [0.4, 0.5) is 0 Å². The Morgan fingerprint density at radius 2 is 1.50 bits per heavy atom. The SMILES string of the molecule is CCCC(C)(C)c1cccc(C(C)(C)C)c1. The van der Waals surface area contributed by atoms with Crippen LogP contribution in [0.25, 0.3) is 0 Å². The molecule has 0 heteroatoms. The minimum Gasteiger partial charge on any atom is -0.0654 e. The van der Waals surface area contributed by atoms with Crippen molar-refractivity contribution >= 4 is 0 Å². The van der Waals surface area contributed by atoms with Crippen molar-refractivity contribution in [3.05, 3.63) is 35.4 Å².